The number of aliphatic imine (C=N–C) groups is 1. The van der Waals surface area contributed by atoms with Crippen LogP contribution in [0.5, 0.6) is 5.75 Å². The first-order valence-corrected chi connectivity index (χ1v) is 11.3. The third kappa shape index (κ3) is 13.2. The number of hydrogen-bond donors (Lipinski definition) is 2. The van der Waals surface area contributed by atoms with Crippen LogP contribution in [-0.2, 0) is 21.2 Å². The second-order valence-electron chi connectivity index (χ2n) is 6.48. The summed E-state index contributed by atoms with van der Waals surface area (Å²) in [7, 11) is -1.30. The second-order valence-corrected chi connectivity index (χ2v) is 8.74. The lowest BCUT2D eigenvalue weighted by Gasteiger charge is -2.17. The van der Waals surface area contributed by atoms with E-state index in [1.54, 1.807) is 7.11 Å². The Labute approximate surface area is 186 Å². The van der Waals surface area contributed by atoms with E-state index in [1.165, 1.54) is 6.26 Å². The van der Waals surface area contributed by atoms with Crippen molar-refractivity contribution in [3.8, 4) is 5.75 Å². The predicted octanol–water partition coefficient (Wildman–Crippen LogP) is 2.60. The van der Waals surface area contributed by atoms with Crippen molar-refractivity contribution in [2.45, 2.75) is 39.3 Å². The molecule has 0 aliphatic heterocycles. The third-order valence-corrected chi connectivity index (χ3v) is 4.77. The van der Waals surface area contributed by atoms with Crippen LogP contribution in [0.1, 0.15) is 32.3 Å². The van der Waals surface area contributed by atoms with Crippen molar-refractivity contribution in [1.82, 2.24) is 10.6 Å². The molecule has 0 saturated carbocycles. The van der Waals surface area contributed by atoms with Crippen molar-refractivity contribution in [1.29, 1.82) is 0 Å². The zero-order valence-electron chi connectivity index (χ0n) is 17.2. The minimum Gasteiger partial charge on any atom is -0.497 e. The van der Waals surface area contributed by atoms with Gasteiger partial charge in [0.15, 0.2) is 5.96 Å². The van der Waals surface area contributed by atoms with Crippen LogP contribution < -0.4 is 15.4 Å². The number of nitrogens with zero attached hydrogens (tertiary/aromatic N) is 1. The Hall–Kier alpha value is -1.07. The van der Waals surface area contributed by atoms with Gasteiger partial charge in [0.05, 0.1) is 19.5 Å². The van der Waals surface area contributed by atoms with Crippen molar-refractivity contribution in [2.24, 2.45) is 4.99 Å². The molecule has 0 bridgehead atoms. The molecular formula is C19H34IN3O4S. The van der Waals surface area contributed by atoms with Gasteiger partial charge in [0.25, 0.3) is 0 Å². The van der Waals surface area contributed by atoms with Gasteiger partial charge in [0.1, 0.15) is 15.6 Å². The molecule has 0 saturated heterocycles. The van der Waals surface area contributed by atoms with Crippen LogP contribution >= 0.6 is 24.0 Å². The van der Waals surface area contributed by atoms with Crippen LogP contribution in [0, 0.1) is 0 Å². The summed E-state index contributed by atoms with van der Waals surface area (Å²) in [4.78, 5) is 4.51. The van der Waals surface area contributed by atoms with Crippen molar-refractivity contribution < 1.29 is 17.9 Å². The Morgan fingerprint density at radius 1 is 1.25 bits per heavy atom. The molecule has 0 radical (unpaired) electrons. The van der Waals surface area contributed by atoms with E-state index in [2.05, 4.69) is 15.6 Å². The van der Waals surface area contributed by atoms with Gasteiger partial charge in [0, 0.05) is 32.0 Å². The van der Waals surface area contributed by atoms with E-state index >= 15 is 0 Å². The molecule has 0 aliphatic carbocycles. The number of halogens is 1. The number of hydrogen-bond acceptors (Lipinski definition) is 5. The van der Waals surface area contributed by atoms with Crippen LogP contribution in [0.15, 0.2) is 29.3 Å². The fraction of sp³-hybridized carbons (Fsp3) is 0.632. The van der Waals surface area contributed by atoms with Gasteiger partial charge in [-0.05, 0) is 44.4 Å². The van der Waals surface area contributed by atoms with Crippen molar-refractivity contribution >= 4 is 39.8 Å². The number of nitrogens with one attached hydrogen (secondary N) is 2. The summed E-state index contributed by atoms with van der Waals surface area (Å²) in [5.41, 5.74) is 1.11. The molecule has 0 aromatic heterocycles. The SMILES string of the molecule is CCNC(=NCCCOCc1ccc(OC)cc1)NC(C)CCS(C)(=O)=O.I. The Morgan fingerprint density at radius 3 is 2.50 bits per heavy atom. The molecule has 1 aromatic rings. The van der Waals surface area contributed by atoms with E-state index in [9.17, 15) is 8.42 Å². The molecule has 28 heavy (non-hydrogen) atoms. The Balaban J connectivity index is 0.00000729. The normalized spacial score (nSPS) is 12.8. The average Bonchev–Trinajstić information content (AvgIpc) is 2.63. The fourth-order valence-electron chi connectivity index (χ4n) is 2.29. The van der Waals surface area contributed by atoms with Crippen LogP contribution in [0.3, 0.4) is 0 Å². The van der Waals surface area contributed by atoms with Crippen LogP contribution in [-0.4, -0.2) is 59.2 Å². The molecule has 9 heteroatoms. The van der Waals surface area contributed by atoms with E-state index in [0.717, 1.165) is 24.3 Å². The third-order valence-electron chi connectivity index (χ3n) is 3.79. The van der Waals surface area contributed by atoms with Gasteiger partial charge in [-0.2, -0.15) is 0 Å². The molecule has 0 heterocycles. The summed E-state index contributed by atoms with van der Waals surface area (Å²) >= 11 is 0. The van der Waals surface area contributed by atoms with Gasteiger partial charge in [-0.15, -0.1) is 24.0 Å². The van der Waals surface area contributed by atoms with E-state index in [1.807, 2.05) is 38.1 Å². The summed E-state index contributed by atoms with van der Waals surface area (Å²) in [5.74, 6) is 1.70. The molecule has 1 atom stereocenters. The average molecular weight is 527 g/mol. The van der Waals surface area contributed by atoms with Crippen LogP contribution in [0.2, 0.25) is 0 Å². The summed E-state index contributed by atoms with van der Waals surface area (Å²) in [6.07, 6.45) is 2.61. The lowest BCUT2D eigenvalue weighted by atomic mass is 10.2. The maximum Gasteiger partial charge on any atom is 0.191 e. The molecule has 1 rings (SSSR count). The smallest absolute Gasteiger partial charge is 0.191 e. The zero-order valence-corrected chi connectivity index (χ0v) is 20.4. The summed E-state index contributed by atoms with van der Waals surface area (Å²) < 4.78 is 33.3. The summed E-state index contributed by atoms with van der Waals surface area (Å²) in [6.45, 7) is 6.52. The van der Waals surface area contributed by atoms with Gasteiger partial charge in [-0.25, -0.2) is 8.42 Å². The maximum atomic E-state index is 11.3. The van der Waals surface area contributed by atoms with Gasteiger partial charge in [-0.3, -0.25) is 4.99 Å². The Bertz CT molecular complexity index is 666. The summed E-state index contributed by atoms with van der Waals surface area (Å²) in [5, 5.41) is 6.41. The summed E-state index contributed by atoms with van der Waals surface area (Å²) in [6, 6.07) is 7.85. The number of benzene rings is 1. The van der Waals surface area contributed by atoms with Gasteiger partial charge in [-0.1, -0.05) is 12.1 Å². The standard InChI is InChI=1S/C19H33N3O4S.HI/c1-5-20-19(22-16(2)11-14-27(4,23)24)21-12-6-13-26-15-17-7-9-18(25-3)10-8-17;/h7-10,16H,5-6,11-15H2,1-4H3,(H2,20,21,22);1H. The molecule has 0 aliphatic rings. The molecule has 0 spiro atoms. The van der Waals surface area contributed by atoms with Gasteiger partial charge in [0.2, 0.25) is 0 Å². The van der Waals surface area contributed by atoms with Crippen LogP contribution in [0.4, 0.5) is 0 Å². The largest absolute Gasteiger partial charge is 0.497 e. The first-order valence-electron chi connectivity index (χ1n) is 9.27. The van der Waals surface area contributed by atoms with Crippen molar-refractivity contribution in [3.63, 3.8) is 0 Å². The highest BCUT2D eigenvalue weighted by Crippen LogP contribution is 2.11. The molecule has 0 amide bonds. The number of methoxy groups -OCH3 is 1. The van der Waals surface area contributed by atoms with E-state index < -0.39 is 9.84 Å². The second kappa shape index (κ2) is 14.9. The van der Waals surface area contributed by atoms with Crippen molar-refractivity contribution in [2.75, 3.05) is 38.8 Å². The highest BCUT2D eigenvalue weighted by Gasteiger charge is 2.09. The molecule has 1 aromatic carbocycles. The van der Waals surface area contributed by atoms with E-state index in [0.29, 0.717) is 32.1 Å². The highest BCUT2D eigenvalue weighted by atomic mass is 127. The van der Waals surface area contributed by atoms with Crippen LogP contribution in [0.25, 0.3) is 0 Å². The molecule has 7 nitrogen and oxygen atoms in total. The number of ether oxygens (including phenoxy) is 2. The molecule has 162 valence electrons. The molecular weight excluding hydrogens is 493 g/mol. The maximum absolute atomic E-state index is 11.3. The first kappa shape index (κ1) is 26.9. The Kier molecular flexibility index (Phi) is 14.3. The van der Waals surface area contributed by atoms with E-state index in [4.69, 9.17) is 9.47 Å². The fourth-order valence-corrected chi connectivity index (χ4v) is 3.07. The topological polar surface area (TPSA) is 89.0 Å². The minimum atomic E-state index is -2.95. The quantitative estimate of drug-likeness (QED) is 0.188. The first-order chi connectivity index (χ1) is 12.8. The zero-order chi connectivity index (χ0) is 20.1. The molecule has 2 N–H and O–H groups in total. The monoisotopic (exact) mass is 527 g/mol. The van der Waals surface area contributed by atoms with Gasteiger partial charge < -0.3 is 20.1 Å². The Morgan fingerprint density at radius 2 is 1.93 bits per heavy atom. The minimum absolute atomic E-state index is 0. The lowest BCUT2D eigenvalue weighted by molar-refractivity contribution is 0.120. The number of rotatable bonds is 12. The predicted molar refractivity (Wildman–Crippen MR) is 126 cm³/mol. The van der Waals surface area contributed by atoms with E-state index in [-0.39, 0.29) is 35.8 Å². The lowest BCUT2D eigenvalue weighted by Crippen LogP contribution is -2.42. The molecule has 0 fully saturated rings. The number of guanidine groups is 1. The highest BCUT2D eigenvalue weighted by molar-refractivity contribution is 14.0. The molecule has 1 unspecified atom stereocenters. The van der Waals surface area contributed by atoms with Gasteiger partial charge >= 0.3 is 0 Å². The van der Waals surface area contributed by atoms with Crippen molar-refractivity contribution in [3.05, 3.63) is 29.8 Å². The number of sulfone groups is 1.